The first-order valence-electron chi connectivity index (χ1n) is 6.20. The Kier molecular flexibility index (Phi) is 2.92. The second-order valence-electron chi connectivity index (χ2n) is 4.62. The molecule has 0 amide bonds. The van der Waals surface area contributed by atoms with Crippen LogP contribution >= 0.6 is 0 Å². The lowest BCUT2D eigenvalue weighted by Gasteiger charge is -2.08. The summed E-state index contributed by atoms with van der Waals surface area (Å²) in [6.45, 7) is 1.78. The molecule has 1 aliphatic carbocycles. The first-order chi connectivity index (χ1) is 8.42. The number of benzene rings is 1. The maximum atomic E-state index is 4.39. The molecule has 0 aliphatic heterocycles. The highest BCUT2D eigenvalue weighted by atomic mass is 15.3. The molecule has 1 aromatic carbocycles. The van der Waals surface area contributed by atoms with Gasteiger partial charge >= 0.3 is 0 Å². The van der Waals surface area contributed by atoms with Crippen molar-refractivity contribution in [2.24, 2.45) is 0 Å². The number of nitrogens with one attached hydrogen (secondary N) is 1. The molecule has 0 radical (unpaired) electrons. The number of hydrogen-bond acceptors (Lipinski definition) is 2. The van der Waals surface area contributed by atoms with Crippen molar-refractivity contribution in [1.29, 1.82) is 0 Å². The van der Waals surface area contributed by atoms with Crippen LogP contribution in [0, 0.1) is 0 Å². The molecule has 1 aromatic heterocycles. The second kappa shape index (κ2) is 4.72. The van der Waals surface area contributed by atoms with Gasteiger partial charge in [-0.15, -0.1) is 0 Å². The minimum Gasteiger partial charge on any atom is -0.308 e. The zero-order chi connectivity index (χ0) is 11.5. The van der Waals surface area contributed by atoms with Crippen molar-refractivity contribution in [2.75, 3.05) is 0 Å². The van der Waals surface area contributed by atoms with Crippen LogP contribution in [0.25, 0.3) is 0 Å². The van der Waals surface area contributed by atoms with E-state index in [-0.39, 0.29) is 0 Å². The van der Waals surface area contributed by atoms with Crippen molar-refractivity contribution in [3.05, 3.63) is 53.9 Å². The maximum absolute atomic E-state index is 4.39. The van der Waals surface area contributed by atoms with Crippen molar-refractivity contribution < 1.29 is 0 Å². The number of hydrogen-bond donors (Lipinski definition) is 1. The number of aromatic nitrogens is 2. The van der Waals surface area contributed by atoms with Gasteiger partial charge in [-0.1, -0.05) is 30.3 Å². The molecule has 88 valence electrons. The van der Waals surface area contributed by atoms with E-state index in [9.17, 15) is 0 Å². The number of nitrogens with zero attached hydrogens (tertiary/aromatic N) is 2. The maximum Gasteiger partial charge on any atom is 0.0663 e. The van der Waals surface area contributed by atoms with Crippen LogP contribution < -0.4 is 5.32 Å². The van der Waals surface area contributed by atoms with Crippen LogP contribution in [0.2, 0.25) is 0 Å². The molecule has 1 fully saturated rings. The van der Waals surface area contributed by atoms with Crippen LogP contribution in [0.4, 0.5) is 0 Å². The molecule has 0 spiro atoms. The standard InChI is InChI=1S/C14H17N3/c1-2-4-12(5-3-1)11-17-14(8-9-16-17)10-15-13-6-7-13/h1-5,8-9,13,15H,6-7,10-11H2. The van der Waals surface area contributed by atoms with Crippen molar-refractivity contribution in [1.82, 2.24) is 15.1 Å². The molecule has 1 saturated carbocycles. The SMILES string of the molecule is c1ccc(Cn2nccc2CNC2CC2)cc1. The highest BCUT2D eigenvalue weighted by Crippen LogP contribution is 2.19. The van der Waals surface area contributed by atoms with E-state index in [0.717, 1.165) is 19.1 Å². The van der Waals surface area contributed by atoms with E-state index in [1.165, 1.54) is 24.1 Å². The first kappa shape index (κ1) is 10.5. The van der Waals surface area contributed by atoms with Gasteiger partial charge in [-0.2, -0.15) is 5.10 Å². The van der Waals surface area contributed by atoms with Crippen LogP contribution in [0.15, 0.2) is 42.6 Å². The van der Waals surface area contributed by atoms with E-state index < -0.39 is 0 Å². The average molecular weight is 227 g/mol. The Morgan fingerprint density at radius 2 is 2.00 bits per heavy atom. The highest BCUT2D eigenvalue weighted by molar-refractivity contribution is 5.16. The van der Waals surface area contributed by atoms with Crippen LogP contribution in [0.1, 0.15) is 24.1 Å². The normalized spacial score (nSPS) is 15.1. The first-order valence-corrected chi connectivity index (χ1v) is 6.20. The molecule has 0 unspecified atom stereocenters. The summed E-state index contributed by atoms with van der Waals surface area (Å²) >= 11 is 0. The smallest absolute Gasteiger partial charge is 0.0663 e. The minimum absolute atomic E-state index is 0.745. The zero-order valence-electron chi connectivity index (χ0n) is 9.84. The highest BCUT2D eigenvalue weighted by Gasteiger charge is 2.20. The van der Waals surface area contributed by atoms with Gasteiger partial charge in [-0.25, -0.2) is 0 Å². The molecule has 0 saturated heterocycles. The predicted molar refractivity (Wildman–Crippen MR) is 67.6 cm³/mol. The summed E-state index contributed by atoms with van der Waals surface area (Å²) in [7, 11) is 0. The van der Waals surface area contributed by atoms with Crippen molar-refractivity contribution in [3.63, 3.8) is 0 Å². The molecular formula is C14H17N3. The Bertz CT molecular complexity index is 471. The Morgan fingerprint density at radius 1 is 1.18 bits per heavy atom. The van der Waals surface area contributed by atoms with Crippen LogP contribution in [-0.2, 0) is 13.1 Å². The Morgan fingerprint density at radius 3 is 2.76 bits per heavy atom. The zero-order valence-corrected chi connectivity index (χ0v) is 9.84. The van der Waals surface area contributed by atoms with Crippen molar-refractivity contribution >= 4 is 0 Å². The summed E-state index contributed by atoms with van der Waals surface area (Å²) in [5.41, 5.74) is 2.56. The van der Waals surface area contributed by atoms with Gasteiger partial charge in [0.2, 0.25) is 0 Å². The quantitative estimate of drug-likeness (QED) is 0.848. The Labute approximate surface area is 101 Å². The van der Waals surface area contributed by atoms with E-state index in [0.29, 0.717) is 0 Å². The third kappa shape index (κ3) is 2.74. The molecule has 2 aromatic rings. The van der Waals surface area contributed by atoms with Gasteiger partial charge in [0.1, 0.15) is 0 Å². The van der Waals surface area contributed by atoms with E-state index in [1.807, 2.05) is 12.3 Å². The summed E-state index contributed by atoms with van der Waals surface area (Å²) in [6.07, 6.45) is 4.53. The van der Waals surface area contributed by atoms with Gasteiger partial charge in [0.05, 0.1) is 12.2 Å². The molecule has 0 bridgehead atoms. The summed E-state index contributed by atoms with van der Waals surface area (Å²) in [5, 5.41) is 7.91. The van der Waals surface area contributed by atoms with Crippen LogP contribution in [-0.4, -0.2) is 15.8 Å². The van der Waals surface area contributed by atoms with Crippen LogP contribution in [0.3, 0.4) is 0 Å². The summed E-state index contributed by atoms with van der Waals surface area (Å²) in [5.74, 6) is 0. The fourth-order valence-electron chi connectivity index (χ4n) is 1.95. The van der Waals surface area contributed by atoms with E-state index in [4.69, 9.17) is 0 Å². The average Bonchev–Trinajstić information content (AvgIpc) is 3.09. The topological polar surface area (TPSA) is 29.9 Å². The largest absolute Gasteiger partial charge is 0.308 e. The molecule has 1 N–H and O–H groups in total. The van der Waals surface area contributed by atoms with E-state index in [1.54, 1.807) is 0 Å². The lowest BCUT2D eigenvalue weighted by Crippen LogP contribution is -2.18. The van der Waals surface area contributed by atoms with Gasteiger partial charge < -0.3 is 5.32 Å². The van der Waals surface area contributed by atoms with Crippen LogP contribution in [0.5, 0.6) is 0 Å². The predicted octanol–water partition coefficient (Wildman–Crippen LogP) is 2.18. The lowest BCUT2D eigenvalue weighted by molar-refractivity contribution is 0.593. The fraction of sp³-hybridized carbons (Fsp3) is 0.357. The van der Waals surface area contributed by atoms with Crippen molar-refractivity contribution in [3.8, 4) is 0 Å². The van der Waals surface area contributed by atoms with Gasteiger partial charge in [0, 0.05) is 18.8 Å². The van der Waals surface area contributed by atoms with Gasteiger partial charge in [0.25, 0.3) is 0 Å². The minimum atomic E-state index is 0.745. The van der Waals surface area contributed by atoms with Gasteiger partial charge in [-0.05, 0) is 24.5 Å². The monoisotopic (exact) mass is 227 g/mol. The molecule has 0 atom stereocenters. The molecule has 1 aliphatic rings. The van der Waals surface area contributed by atoms with E-state index >= 15 is 0 Å². The summed E-state index contributed by atoms with van der Waals surface area (Å²) < 4.78 is 2.07. The van der Waals surface area contributed by atoms with E-state index in [2.05, 4.69) is 45.4 Å². The third-order valence-electron chi connectivity index (χ3n) is 3.13. The third-order valence-corrected chi connectivity index (χ3v) is 3.13. The summed E-state index contributed by atoms with van der Waals surface area (Å²) in [4.78, 5) is 0. The Hall–Kier alpha value is -1.61. The fourth-order valence-corrected chi connectivity index (χ4v) is 1.95. The van der Waals surface area contributed by atoms with Gasteiger partial charge in [-0.3, -0.25) is 4.68 Å². The summed E-state index contributed by atoms with van der Waals surface area (Å²) in [6, 6.07) is 13.3. The molecule has 3 heteroatoms. The second-order valence-corrected chi connectivity index (χ2v) is 4.62. The molecule has 1 heterocycles. The van der Waals surface area contributed by atoms with Crippen molar-refractivity contribution in [2.45, 2.75) is 32.0 Å². The van der Waals surface area contributed by atoms with Gasteiger partial charge in [0.15, 0.2) is 0 Å². The molecule has 3 rings (SSSR count). The molecular weight excluding hydrogens is 210 g/mol. The molecule has 17 heavy (non-hydrogen) atoms. The molecule has 3 nitrogen and oxygen atoms in total. The Balaban J connectivity index is 1.67. The number of rotatable bonds is 5. The lowest BCUT2D eigenvalue weighted by atomic mass is 10.2.